The maximum absolute atomic E-state index is 12.1. The Kier molecular flexibility index (Phi) is 1.63. The molecule has 42 valence electrons. The molecule has 1 rings (SSSR count). The summed E-state index contributed by atoms with van der Waals surface area (Å²) >= 11 is 0. The Balaban J connectivity index is 2.12. The summed E-state index contributed by atoms with van der Waals surface area (Å²) in [6, 6.07) is 0. The topological polar surface area (TPSA) is 12.0 Å². The number of piperidine rings is 1. The van der Waals surface area contributed by atoms with Crippen LogP contribution in [-0.2, 0) is 0 Å². The lowest BCUT2D eigenvalue weighted by Gasteiger charge is -2.14. The van der Waals surface area contributed by atoms with Gasteiger partial charge in [0.25, 0.3) is 0 Å². The fourth-order valence-corrected chi connectivity index (χ4v) is 0.809. The highest BCUT2D eigenvalue weighted by molar-refractivity contribution is 4.66. The molecule has 0 saturated carbocycles. The van der Waals surface area contributed by atoms with Crippen LogP contribution in [0.25, 0.3) is 0 Å². The van der Waals surface area contributed by atoms with Gasteiger partial charge in [-0.2, -0.15) is 0 Å². The highest BCUT2D eigenvalue weighted by Crippen LogP contribution is 2.03. The molecule has 0 unspecified atom stereocenters. The first-order valence-corrected chi connectivity index (χ1v) is 2.74. The smallest absolute Gasteiger partial charge is 0.113 e. The molecule has 1 aliphatic heterocycles. The van der Waals surface area contributed by atoms with Crippen molar-refractivity contribution in [2.75, 3.05) is 13.1 Å². The van der Waals surface area contributed by atoms with Gasteiger partial charge in [-0.15, -0.1) is 0 Å². The van der Waals surface area contributed by atoms with Gasteiger partial charge in [-0.25, -0.2) is 4.39 Å². The SMILES string of the molecule is F[C@H]1CCCNC1. The Morgan fingerprint density at radius 3 is 2.71 bits per heavy atom. The Morgan fingerprint density at radius 2 is 2.43 bits per heavy atom. The van der Waals surface area contributed by atoms with Crippen LogP contribution in [0.1, 0.15) is 12.8 Å². The molecule has 0 aromatic rings. The van der Waals surface area contributed by atoms with Gasteiger partial charge in [0.1, 0.15) is 6.17 Å². The van der Waals surface area contributed by atoms with Crippen molar-refractivity contribution in [3.05, 3.63) is 0 Å². The Hall–Kier alpha value is -0.110. The molecule has 0 bridgehead atoms. The lowest BCUT2D eigenvalue weighted by Crippen LogP contribution is -2.30. The van der Waals surface area contributed by atoms with Crippen molar-refractivity contribution < 1.29 is 4.39 Å². The van der Waals surface area contributed by atoms with E-state index in [0.717, 1.165) is 19.4 Å². The van der Waals surface area contributed by atoms with E-state index in [2.05, 4.69) is 5.32 Å². The summed E-state index contributed by atoms with van der Waals surface area (Å²) in [5.41, 5.74) is 0. The Labute approximate surface area is 42.9 Å². The number of hydrogen-bond acceptors (Lipinski definition) is 1. The van der Waals surface area contributed by atoms with Crippen molar-refractivity contribution in [1.82, 2.24) is 5.32 Å². The first-order valence-electron chi connectivity index (χ1n) is 2.74. The summed E-state index contributed by atoms with van der Waals surface area (Å²) in [6.07, 6.45) is 1.18. The number of hydrogen-bond donors (Lipinski definition) is 1. The van der Waals surface area contributed by atoms with E-state index in [4.69, 9.17) is 0 Å². The van der Waals surface area contributed by atoms with Gasteiger partial charge >= 0.3 is 0 Å². The summed E-state index contributed by atoms with van der Waals surface area (Å²) in [7, 11) is 0. The van der Waals surface area contributed by atoms with Crippen LogP contribution in [0.15, 0.2) is 0 Å². The molecule has 0 aromatic carbocycles. The lowest BCUT2D eigenvalue weighted by molar-refractivity contribution is 0.266. The van der Waals surface area contributed by atoms with Crippen molar-refractivity contribution in [2.24, 2.45) is 0 Å². The average Bonchev–Trinajstić information content (AvgIpc) is 1.69. The standard InChI is InChI=1S/C5H10FN/c6-5-2-1-3-7-4-5/h5,7H,1-4H2/t5-/m0/s1. The quantitative estimate of drug-likeness (QED) is 0.476. The van der Waals surface area contributed by atoms with Crippen LogP contribution in [0.3, 0.4) is 0 Å². The fourth-order valence-electron chi connectivity index (χ4n) is 0.809. The second-order valence-electron chi connectivity index (χ2n) is 1.94. The molecule has 7 heavy (non-hydrogen) atoms. The predicted octanol–water partition coefficient (Wildman–Crippen LogP) is 0.708. The van der Waals surface area contributed by atoms with Gasteiger partial charge in [0.05, 0.1) is 0 Å². The molecule has 1 atom stereocenters. The van der Waals surface area contributed by atoms with Gasteiger partial charge in [0.2, 0.25) is 0 Å². The van der Waals surface area contributed by atoms with E-state index < -0.39 is 6.17 Å². The van der Waals surface area contributed by atoms with Gasteiger partial charge in [-0.3, -0.25) is 0 Å². The lowest BCUT2D eigenvalue weighted by atomic mass is 10.1. The molecule has 0 radical (unpaired) electrons. The number of rotatable bonds is 0. The second kappa shape index (κ2) is 2.26. The van der Waals surface area contributed by atoms with Crippen LogP contribution in [-0.4, -0.2) is 19.3 Å². The summed E-state index contributed by atoms with van der Waals surface area (Å²) in [5, 5.41) is 2.96. The zero-order valence-electron chi connectivity index (χ0n) is 4.28. The largest absolute Gasteiger partial charge is 0.314 e. The highest BCUT2D eigenvalue weighted by Gasteiger charge is 2.08. The van der Waals surface area contributed by atoms with Crippen LogP contribution in [0.5, 0.6) is 0 Å². The zero-order valence-corrected chi connectivity index (χ0v) is 4.28. The molecule has 1 fully saturated rings. The number of nitrogens with one attached hydrogen (secondary N) is 1. The summed E-state index contributed by atoms with van der Waals surface area (Å²) < 4.78 is 12.1. The first-order chi connectivity index (χ1) is 3.39. The molecule has 1 heterocycles. The third-order valence-electron chi connectivity index (χ3n) is 1.24. The van der Waals surface area contributed by atoms with E-state index >= 15 is 0 Å². The van der Waals surface area contributed by atoms with Crippen LogP contribution in [0.2, 0.25) is 0 Å². The fraction of sp³-hybridized carbons (Fsp3) is 1.00. The second-order valence-corrected chi connectivity index (χ2v) is 1.94. The Bertz CT molecular complexity index is 50.0. The first kappa shape index (κ1) is 5.04. The van der Waals surface area contributed by atoms with E-state index in [1.165, 1.54) is 0 Å². The molecular formula is C5H10FN. The molecule has 1 nitrogen and oxygen atoms in total. The zero-order chi connectivity index (χ0) is 5.11. The summed E-state index contributed by atoms with van der Waals surface area (Å²) in [4.78, 5) is 0. The van der Waals surface area contributed by atoms with Gasteiger partial charge in [0.15, 0.2) is 0 Å². The average molecular weight is 103 g/mol. The van der Waals surface area contributed by atoms with Gasteiger partial charge < -0.3 is 5.32 Å². The van der Waals surface area contributed by atoms with E-state index in [9.17, 15) is 4.39 Å². The third-order valence-corrected chi connectivity index (χ3v) is 1.24. The summed E-state index contributed by atoms with van der Waals surface area (Å²) in [5.74, 6) is 0. The van der Waals surface area contributed by atoms with Gasteiger partial charge in [-0.1, -0.05) is 0 Å². The molecule has 1 saturated heterocycles. The minimum atomic E-state index is -0.575. The van der Waals surface area contributed by atoms with E-state index in [1.54, 1.807) is 0 Å². The maximum atomic E-state index is 12.1. The highest BCUT2D eigenvalue weighted by atomic mass is 19.1. The molecule has 0 aromatic heterocycles. The molecule has 2 heteroatoms. The molecule has 0 amide bonds. The van der Waals surface area contributed by atoms with Crippen molar-refractivity contribution in [3.8, 4) is 0 Å². The third kappa shape index (κ3) is 1.43. The molecule has 1 N–H and O–H groups in total. The Morgan fingerprint density at radius 1 is 1.57 bits per heavy atom. The minimum absolute atomic E-state index is 0.569. The van der Waals surface area contributed by atoms with Gasteiger partial charge in [0, 0.05) is 6.54 Å². The van der Waals surface area contributed by atoms with Crippen molar-refractivity contribution in [3.63, 3.8) is 0 Å². The number of halogens is 1. The minimum Gasteiger partial charge on any atom is -0.314 e. The van der Waals surface area contributed by atoms with E-state index in [-0.39, 0.29) is 0 Å². The molecule has 0 aliphatic carbocycles. The predicted molar refractivity (Wildman–Crippen MR) is 27.0 cm³/mol. The van der Waals surface area contributed by atoms with Crippen molar-refractivity contribution in [2.45, 2.75) is 19.0 Å². The van der Waals surface area contributed by atoms with E-state index in [0.29, 0.717) is 6.54 Å². The van der Waals surface area contributed by atoms with Gasteiger partial charge in [-0.05, 0) is 19.4 Å². The van der Waals surface area contributed by atoms with Crippen LogP contribution in [0, 0.1) is 0 Å². The molecule has 0 spiro atoms. The van der Waals surface area contributed by atoms with Crippen molar-refractivity contribution in [1.29, 1.82) is 0 Å². The summed E-state index contributed by atoms with van der Waals surface area (Å²) in [6.45, 7) is 1.57. The maximum Gasteiger partial charge on any atom is 0.113 e. The van der Waals surface area contributed by atoms with Crippen LogP contribution >= 0.6 is 0 Å². The normalized spacial score (nSPS) is 33.0. The number of alkyl halides is 1. The van der Waals surface area contributed by atoms with Crippen LogP contribution < -0.4 is 5.32 Å². The molecular weight excluding hydrogens is 93.1 g/mol. The van der Waals surface area contributed by atoms with Crippen LogP contribution in [0.4, 0.5) is 4.39 Å². The van der Waals surface area contributed by atoms with E-state index in [1.807, 2.05) is 0 Å². The van der Waals surface area contributed by atoms with Crippen molar-refractivity contribution >= 4 is 0 Å². The monoisotopic (exact) mass is 103 g/mol. The molecule has 1 aliphatic rings.